The fourth-order valence-corrected chi connectivity index (χ4v) is 4.27. The molecule has 0 aliphatic rings. The molecule has 0 bridgehead atoms. The van der Waals surface area contributed by atoms with Gasteiger partial charge < -0.3 is 5.32 Å². The predicted octanol–water partition coefficient (Wildman–Crippen LogP) is 1.89. The van der Waals surface area contributed by atoms with E-state index in [1.165, 1.54) is 20.3 Å². The van der Waals surface area contributed by atoms with Crippen LogP contribution in [0.1, 0.15) is 19.4 Å². The maximum absolute atomic E-state index is 13.0. The van der Waals surface area contributed by atoms with Crippen molar-refractivity contribution in [2.24, 2.45) is 5.92 Å². The van der Waals surface area contributed by atoms with E-state index in [9.17, 15) is 14.4 Å². The fraction of sp³-hybridized carbons (Fsp3) is 0.333. The van der Waals surface area contributed by atoms with E-state index in [1.807, 2.05) is 44.2 Å². The van der Waals surface area contributed by atoms with Gasteiger partial charge in [0.25, 0.3) is 5.56 Å². The van der Waals surface area contributed by atoms with Crippen LogP contribution >= 0.6 is 11.3 Å². The molecular formula is C21H23N5O3S. The molecule has 4 rings (SSSR count). The third-order valence-electron chi connectivity index (χ3n) is 4.81. The van der Waals surface area contributed by atoms with Gasteiger partial charge in [-0.2, -0.15) is 0 Å². The summed E-state index contributed by atoms with van der Waals surface area (Å²) in [6, 6.07) is 11.6. The van der Waals surface area contributed by atoms with Gasteiger partial charge in [0, 0.05) is 13.1 Å². The number of thiophene rings is 1. The summed E-state index contributed by atoms with van der Waals surface area (Å²) in [4.78, 5) is 38.3. The SMILES string of the molecule is CC(C)Cn1c(=O)c2sccc2n2c(=O)n(CC(=O)NCCc3ccccc3)nc12. The van der Waals surface area contributed by atoms with E-state index in [2.05, 4.69) is 10.4 Å². The molecular weight excluding hydrogens is 402 g/mol. The van der Waals surface area contributed by atoms with Gasteiger partial charge in [-0.05, 0) is 29.3 Å². The van der Waals surface area contributed by atoms with Crippen LogP contribution in [0.2, 0.25) is 0 Å². The molecule has 0 radical (unpaired) electrons. The van der Waals surface area contributed by atoms with Crippen molar-refractivity contribution in [2.75, 3.05) is 6.54 Å². The van der Waals surface area contributed by atoms with Gasteiger partial charge in [0.1, 0.15) is 11.2 Å². The first-order valence-corrected chi connectivity index (χ1v) is 10.7. The molecule has 0 unspecified atom stereocenters. The predicted molar refractivity (Wildman–Crippen MR) is 117 cm³/mol. The molecule has 1 amide bonds. The Morgan fingerprint density at radius 1 is 1.17 bits per heavy atom. The van der Waals surface area contributed by atoms with Crippen molar-refractivity contribution in [1.29, 1.82) is 0 Å². The van der Waals surface area contributed by atoms with E-state index in [1.54, 1.807) is 11.4 Å². The summed E-state index contributed by atoms with van der Waals surface area (Å²) in [7, 11) is 0. The number of carbonyl (C=O) groups is 1. The number of hydrogen-bond donors (Lipinski definition) is 1. The Bertz CT molecular complexity index is 1310. The molecule has 0 atom stereocenters. The van der Waals surface area contributed by atoms with Crippen LogP contribution in [0.3, 0.4) is 0 Å². The van der Waals surface area contributed by atoms with Crippen LogP contribution in [0.15, 0.2) is 51.4 Å². The van der Waals surface area contributed by atoms with Crippen molar-refractivity contribution in [3.05, 3.63) is 68.2 Å². The van der Waals surface area contributed by atoms with Crippen molar-refractivity contribution >= 4 is 33.2 Å². The highest BCUT2D eigenvalue weighted by Crippen LogP contribution is 2.17. The van der Waals surface area contributed by atoms with Crippen molar-refractivity contribution in [2.45, 2.75) is 33.4 Å². The summed E-state index contributed by atoms with van der Waals surface area (Å²) in [5.41, 5.74) is 1.07. The van der Waals surface area contributed by atoms with Crippen LogP contribution in [0.5, 0.6) is 0 Å². The Kier molecular flexibility index (Phi) is 5.54. The molecule has 0 saturated carbocycles. The number of hydrogen-bond acceptors (Lipinski definition) is 5. The largest absolute Gasteiger partial charge is 0.354 e. The summed E-state index contributed by atoms with van der Waals surface area (Å²) in [5, 5.41) is 8.95. The molecule has 0 aliphatic carbocycles. The minimum atomic E-state index is -0.427. The lowest BCUT2D eigenvalue weighted by atomic mass is 10.1. The highest BCUT2D eigenvalue weighted by atomic mass is 32.1. The number of rotatable bonds is 7. The average molecular weight is 426 g/mol. The zero-order valence-electron chi connectivity index (χ0n) is 16.9. The summed E-state index contributed by atoms with van der Waals surface area (Å²) >= 11 is 1.30. The molecule has 4 aromatic rings. The number of nitrogens with one attached hydrogen (secondary N) is 1. The molecule has 0 spiro atoms. The van der Waals surface area contributed by atoms with Crippen molar-refractivity contribution in [3.8, 4) is 0 Å². The van der Waals surface area contributed by atoms with Crippen LogP contribution < -0.4 is 16.6 Å². The second kappa shape index (κ2) is 8.27. The van der Waals surface area contributed by atoms with Crippen LogP contribution in [0.4, 0.5) is 0 Å². The normalized spacial score (nSPS) is 11.6. The standard InChI is InChI=1S/C21H23N5O3S/c1-14(2)12-24-19(28)18-16(9-11-30-18)26-20(24)23-25(21(26)29)13-17(27)22-10-8-15-6-4-3-5-7-15/h3-7,9,11,14H,8,10,12-13H2,1-2H3,(H,22,27). The van der Waals surface area contributed by atoms with Gasteiger partial charge >= 0.3 is 5.69 Å². The number of aromatic nitrogens is 4. The minimum absolute atomic E-state index is 0.161. The minimum Gasteiger partial charge on any atom is -0.354 e. The Hall–Kier alpha value is -3.20. The first-order valence-electron chi connectivity index (χ1n) is 9.86. The first kappa shape index (κ1) is 20.1. The number of fused-ring (bicyclic) bond motifs is 3. The van der Waals surface area contributed by atoms with E-state index in [4.69, 9.17) is 0 Å². The Morgan fingerprint density at radius 2 is 1.93 bits per heavy atom. The molecule has 1 N–H and O–H groups in total. The van der Waals surface area contributed by atoms with Crippen LogP contribution in [0.25, 0.3) is 16.0 Å². The molecule has 0 aliphatic heterocycles. The van der Waals surface area contributed by atoms with Crippen LogP contribution in [-0.2, 0) is 24.3 Å². The zero-order valence-corrected chi connectivity index (χ0v) is 17.7. The van der Waals surface area contributed by atoms with Crippen LogP contribution in [0, 0.1) is 5.92 Å². The summed E-state index contributed by atoms with van der Waals surface area (Å²) in [6.45, 7) is 4.71. The first-order chi connectivity index (χ1) is 14.5. The van der Waals surface area contributed by atoms with Crippen molar-refractivity contribution in [1.82, 2.24) is 24.1 Å². The summed E-state index contributed by atoms with van der Waals surface area (Å²) < 4.78 is 4.58. The van der Waals surface area contributed by atoms with Gasteiger partial charge in [-0.1, -0.05) is 44.2 Å². The molecule has 30 heavy (non-hydrogen) atoms. The van der Waals surface area contributed by atoms with E-state index < -0.39 is 5.69 Å². The lowest BCUT2D eigenvalue weighted by Gasteiger charge is -2.09. The Labute approximate surface area is 176 Å². The number of benzene rings is 1. The number of nitrogens with zero attached hydrogens (tertiary/aromatic N) is 4. The highest BCUT2D eigenvalue weighted by molar-refractivity contribution is 7.17. The van der Waals surface area contributed by atoms with Gasteiger partial charge in [0.2, 0.25) is 11.7 Å². The fourth-order valence-electron chi connectivity index (χ4n) is 3.45. The molecule has 1 aromatic carbocycles. The second-order valence-corrected chi connectivity index (χ2v) is 8.52. The lowest BCUT2D eigenvalue weighted by molar-refractivity contribution is -0.121. The van der Waals surface area contributed by atoms with Crippen LogP contribution in [-0.4, -0.2) is 31.2 Å². The van der Waals surface area contributed by atoms with Gasteiger partial charge in [-0.25, -0.2) is 13.9 Å². The maximum atomic E-state index is 13.0. The summed E-state index contributed by atoms with van der Waals surface area (Å²) in [5.74, 6) is 0.169. The van der Waals surface area contributed by atoms with E-state index in [0.29, 0.717) is 29.7 Å². The van der Waals surface area contributed by atoms with Gasteiger partial charge in [0.15, 0.2) is 0 Å². The molecule has 3 aromatic heterocycles. The molecule has 156 valence electrons. The van der Waals surface area contributed by atoms with Crippen molar-refractivity contribution < 1.29 is 4.79 Å². The topological polar surface area (TPSA) is 90.4 Å². The molecule has 8 nitrogen and oxygen atoms in total. The maximum Gasteiger partial charge on any atom is 0.352 e. The third-order valence-corrected chi connectivity index (χ3v) is 5.70. The zero-order chi connectivity index (χ0) is 21.3. The average Bonchev–Trinajstić information content (AvgIpc) is 3.31. The lowest BCUT2D eigenvalue weighted by Crippen LogP contribution is -2.33. The third kappa shape index (κ3) is 3.80. The second-order valence-electron chi connectivity index (χ2n) is 7.61. The Balaban J connectivity index is 1.62. The van der Waals surface area contributed by atoms with E-state index >= 15 is 0 Å². The molecule has 0 saturated heterocycles. The van der Waals surface area contributed by atoms with E-state index in [0.717, 1.165) is 10.2 Å². The monoisotopic (exact) mass is 425 g/mol. The van der Waals surface area contributed by atoms with Crippen molar-refractivity contribution in [3.63, 3.8) is 0 Å². The van der Waals surface area contributed by atoms with E-state index in [-0.39, 0.29) is 29.7 Å². The number of carbonyl (C=O) groups excluding carboxylic acids is 1. The van der Waals surface area contributed by atoms with Gasteiger partial charge in [-0.3, -0.25) is 14.2 Å². The smallest absolute Gasteiger partial charge is 0.352 e. The highest BCUT2D eigenvalue weighted by Gasteiger charge is 2.19. The van der Waals surface area contributed by atoms with Gasteiger partial charge in [0.05, 0.1) is 5.52 Å². The van der Waals surface area contributed by atoms with Gasteiger partial charge in [-0.15, -0.1) is 16.4 Å². The Morgan fingerprint density at radius 3 is 2.67 bits per heavy atom. The quantitative estimate of drug-likeness (QED) is 0.490. The number of amides is 1. The molecule has 3 heterocycles. The molecule has 9 heteroatoms. The molecule has 0 fully saturated rings. The summed E-state index contributed by atoms with van der Waals surface area (Å²) in [6.07, 6.45) is 0.704.